The van der Waals surface area contributed by atoms with Crippen LogP contribution in [-0.2, 0) is 19.4 Å². The number of fused-ring (bicyclic) bond motifs is 1. The number of hydrogen-bond donors (Lipinski definition) is 2. The minimum atomic E-state index is -3.49. The zero-order valence-corrected chi connectivity index (χ0v) is 16.2. The summed E-state index contributed by atoms with van der Waals surface area (Å²) in [4.78, 5) is 25.9. The van der Waals surface area contributed by atoms with Crippen molar-refractivity contribution in [3.8, 4) is 11.5 Å². The summed E-state index contributed by atoms with van der Waals surface area (Å²) >= 11 is 0. The van der Waals surface area contributed by atoms with E-state index in [1.807, 2.05) is 13.0 Å². The number of aromatic hydroxyl groups is 1. The first kappa shape index (κ1) is 19.7. The number of phenolic OH excluding ortho intramolecular Hbond substituents is 1. The summed E-state index contributed by atoms with van der Waals surface area (Å²) in [5, 5.41) is 12.5. The molecule has 148 valence electrons. The summed E-state index contributed by atoms with van der Waals surface area (Å²) < 4.78 is 29.2. The van der Waals surface area contributed by atoms with Gasteiger partial charge in [0.1, 0.15) is 12.3 Å². The van der Waals surface area contributed by atoms with E-state index in [1.54, 1.807) is 17.0 Å². The maximum atomic E-state index is 12.5. The first-order valence-corrected chi connectivity index (χ1v) is 10.3. The molecule has 1 amide bonds. The number of carbonyl (C=O) groups excluding carboxylic acids is 2. The van der Waals surface area contributed by atoms with E-state index in [1.165, 1.54) is 25.1 Å². The molecule has 9 heteroatoms. The molecule has 0 saturated carbocycles. The van der Waals surface area contributed by atoms with Gasteiger partial charge in [-0.15, -0.1) is 0 Å². The second kappa shape index (κ2) is 7.51. The monoisotopic (exact) mass is 404 g/mol. The van der Waals surface area contributed by atoms with Crippen LogP contribution in [0.1, 0.15) is 12.5 Å². The lowest BCUT2D eigenvalue weighted by atomic mass is 10.1. The van der Waals surface area contributed by atoms with Crippen molar-refractivity contribution in [1.29, 1.82) is 0 Å². The summed E-state index contributed by atoms with van der Waals surface area (Å²) in [6.45, 7) is 3.10. The third-order valence-corrected chi connectivity index (χ3v) is 6.05. The number of benzene rings is 2. The number of aryl methyl sites for hydroxylation is 1. The number of nitrogens with one attached hydrogen (secondary N) is 1. The normalized spacial score (nSPS) is 13.6. The number of esters is 1. The lowest BCUT2D eigenvalue weighted by Crippen LogP contribution is -2.41. The number of rotatable bonds is 5. The molecule has 0 radical (unpaired) electrons. The predicted molar refractivity (Wildman–Crippen MR) is 103 cm³/mol. The molecule has 3 rings (SSSR count). The fourth-order valence-corrected chi connectivity index (χ4v) is 3.75. The zero-order chi connectivity index (χ0) is 20.5. The van der Waals surface area contributed by atoms with Gasteiger partial charge in [-0.3, -0.25) is 4.79 Å². The number of phenols is 1. The van der Waals surface area contributed by atoms with Gasteiger partial charge in [0.15, 0.2) is 15.6 Å². The van der Waals surface area contributed by atoms with Gasteiger partial charge in [-0.1, -0.05) is 13.0 Å². The molecule has 0 unspecified atom stereocenters. The van der Waals surface area contributed by atoms with E-state index in [9.17, 15) is 23.1 Å². The number of anilines is 2. The summed E-state index contributed by atoms with van der Waals surface area (Å²) in [6.07, 6.45) is 0. The summed E-state index contributed by atoms with van der Waals surface area (Å²) in [5.41, 5.74) is 1.51. The molecule has 1 aliphatic rings. The third kappa shape index (κ3) is 4.09. The van der Waals surface area contributed by atoms with E-state index in [4.69, 9.17) is 4.74 Å². The molecular weight excluding hydrogens is 384 g/mol. The maximum absolute atomic E-state index is 12.5. The van der Waals surface area contributed by atoms with Gasteiger partial charge in [0, 0.05) is 0 Å². The number of carbonyl (C=O) groups is 2. The highest BCUT2D eigenvalue weighted by molar-refractivity contribution is 7.91. The lowest BCUT2D eigenvalue weighted by molar-refractivity contribution is -0.133. The van der Waals surface area contributed by atoms with Crippen LogP contribution in [0.15, 0.2) is 41.3 Å². The topological polar surface area (TPSA) is 113 Å². The van der Waals surface area contributed by atoms with Crippen LogP contribution in [0.3, 0.4) is 0 Å². The molecular formula is C19H20N2O6S. The van der Waals surface area contributed by atoms with Crippen molar-refractivity contribution in [3.05, 3.63) is 42.0 Å². The highest BCUT2D eigenvalue weighted by Crippen LogP contribution is 2.33. The Morgan fingerprint density at radius 3 is 2.71 bits per heavy atom. The molecule has 2 aromatic rings. The van der Waals surface area contributed by atoms with Gasteiger partial charge in [0.2, 0.25) is 5.91 Å². The molecule has 0 spiro atoms. The minimum Gasteiger partial charge on any atom is -0.506 e. The van der Waals surface area contributed by atoms with Gasteiger partial charge in [0.25, 0.3) is 0 Å². The van der Waals surface area contributed by atoms with Crippen molar-refractivity contribution in [1.82, 2.24) is 0 Å². The second-order valence-electron chi connectivity index (χ2n) is 6.43. The Kier molecular flexibility index (Phi) is 5.28. The van der Waals surface area contributed by atoms with Gasteiger partial charge in [-0.2, -0.15) is 0 Å². The van der Waals surface area contributed by atoms with E-state index in [-0.39, 0.29) is 35.2 Å². The standard InChI is InChI=1S/C19H20N2O6S/c1-3-28(25,26)13-5-7-16(22)14(9-13)20-18(23)10-21-11-19(24)27-17-8-12(2)4-6-15(17)21/h4-9,22H,3,10-11H2,1-2H3,(H,20,23). The molecule has 0 aliphatic carbocycles. The first-order valence-electron chi connectivity index (χ1n) is 8.61. The average molecular weight is 404 g/mol. The van der Waals surface area contributed by atoms with E-state index < -0.39 is 21.7 Å². The smallest absolute Gasteiger partial charge is 0.331 e. The van der Waals surface area contributed by atoms with E-state index in [0.29, 0.717) is 11.4 Å². The SMILES string of the molecule is CCS(=O)(=O)c1ccc(O)c(NC(=O)CN2CC(=O)Oc3cc(C)ccc32)c1. The van der Waals surface area contributed by atoms with E-state index >= 15 is 0 Å². The van der Waals surface area contributed by atoms with Crippen LogP contribution in [0.4, 0.5) is 11.4 Å². The van der Waals surface area contributed by atoms with Crippen LogP contribution in [0.25, 0.3) is 0 Å². The largest absolute Gasteiger partial charge is 0.506 e. The van der Waals surface area contributed by atoms with E-state index in [0.717, 1.165) is 5.56 Å². The van der Waals surface area contributed by atoms with Crippen molar-refractivity contribution in [2.75, 3.05) is 29.1 Å². The molecule has 0 fully saturated rings. The van der Waals surface area contributed by atoms with Crippen LogP contribution >= 0.6 is 0 Å². The summed E-state index contributed by atoms with van der Waals surface area (Å²) in [5.74, 6) is -0.968. The highest BCUT2D eigenvalue weighted by atomic mass is 32.2. The lowest BCUT2D eigenvalue weighted by Gasteiger charge is -2.29. The molecule has 0 saturated heterocycles. The van der Waals surface area contributed by atoms with Gasteiger partial charge in [0.05, 0.1) is 28.6 Å². The highest BCUT2D eigenvalue weighted by Gasteiger charge is 2.26. The van der Waals surface area contributed by atoms with Crippen molar-refractivity contribution in [3.63, 3.8) is 0 Å². The molecule has 8 nitrogen and oxygen atoms in total. The molecule has 2 aromatic carbocycles. The van der Waals surface area contributed by atoms with Crippen molar-refractivity contribution >= 4 is 33.1 Å². The Labute approximate surface area is 162 Å². The Balaban J connectivity index is 1.80. The number of ether oxygens (including phenoxy) is 1. The van der Waals surface area contributed by atoms with Crippen molar-refractivity contribution < 1.29 is 27.9 Å². The predicted octanol–water partition coefficient (Wildman–Crippen LogP) is 1.86. The van der Waals surface area contributed by atoms with Crippen LogP contribution in [0.2, 0.25) is 0 Å². The van der Waals surface area contributed by atoms with Gasteiger partial charge in [-0.05, 0) is 42.8 Å². The quantitative estimate of drug-likeness (QED) is 0.444. The van der Waals surface area contributed by atoms with Crippen LogP contribution < -0.4 is 15.0 Å². The third-order valence-electron chi connectivity index (χ3n) is 4.32. The zero-order valence-electron chi connectivity index (χ0n) is 15.4. The van der Waals surface area contributed by atoms with Gasteiger partial charge in [-0.25, -0.2) is 13.2 Å². The first-order chi connectivity index (χ1) is 13.2. The molecule has 0 atom stereocenters. The fraction of sp³-hybridized carbons (Fsp3) is 0.263. The molecule has 0 bridgehead atoms. The Bertz CT molecular complexity index is 1050. The number of amides is 1. The van der Waals surface area contributed by atoms with Gasteiger partial charge >= 0.3 is 5.97 Å². The maximum Gasteiger partial charge on any atom is 0.331 e. The fourth-order valence-electron chi connectivity index (χ4n) is 2.84. The van der Waals surface area contributed by atoms with Crippen molar-refractivity contribution in [2.24, 2.45) is 0 Å². The average Bonchev–Trinajstić information content (AvgIpc) is 2.62. The number of hydrogen-bond acceptors (Lipinski definition) is 7. The molecule has 1 aliphatic heterocycles. The Morgan fingerprint density at radius 2 is 2.00 bits per heavy atom. The summed E-state index contributed by atoms with van der Waals surface area (Å²) in [7, 11) is -3.49. The van der Waals surface area contributed by atoms with Crippen LogP contribution in [0, 0.1) is 6.92 Å². The molecule has 2 N–H and O–H groups in total. The number of nitrogens with zero attached hydrogens (tertiary/aromatic N) is 1. The Morgan fingerprint density at radius 1 is 1.25 bits per heavy atom. The summed E-state index contributed by atoms with van der Waals surface area (Å²) in [6, 6.07) is 9.03. The molecule has 1 heterocycles. The van der Waals surface area contributed by atoms with Gasteiger partial charge < -0.3 is 20.1 Å². The molecule has 28 heavy (non-hydrogen) atoms. The Hall–Kier alpha value is -3.07. The van der Waals surface area contributed by atoms with Crippen LogP contribution in [0.5, 0.6) is 11.5 Å². The number of sulfone groups is 1. The van der Waals surface area contributed by atoms with E-state index in [2.05, 4.69) is 5.32 Å². The molecule has 0 aromatic heterocycles. The van der Waals surface area contributed by atoms with Crippen molar-refractivity contribution in [2.45, 2.75) is 18.7 Å². The minimum absolute atomic E-state index is 0.00507. The van der Waals surface area contributed by atoms with Crippen LogP contribution in [-0.4, -0.2) is 44.2 Å². The second-order valence-corrected chi connectivity index (χ2v) is 8.71.